The van der Waals surface area contributed by atoms with Crippen LogP contribution in [-0.4, -0.2) is 35.1 Å². The number of aliphatic hydroxyl groups is 1. The van der Waals surface area contributed by atoms with Gasteiger partial charge >= 0.3 is 0 Å². The molecule has 0 saturated carbocycles. The lowest BCUT2D eigenvalue weighted by molar-refractivity contribution is 0.0668. The van der Waals surface area contributed by atoms with Crippen LogP contribution in [0.4, 0.5) is 8.78 Å². The minimum Gasteiger partial charge on any atom is -0.394 e. The molecule has 1 aliphatic heterocycles. The van der Waals surface area contributed by atoms with Crippen molar-refractivity contribution in [1.29, 1.82) is 0 Å². The molecule has 1 fully saturated rings. The molecule has 1 heterocycles. The van der Waals surface area contributed by atoms with Crippen LogP contribution in [0.15, 0.2) is 18.2 Å². The van der Waals surface area contributed by atoms with Crippen molar-refractivity contribution in [2.24, 2.45) is 0 Å². The van der Waals surface area contributed by atoms with Gasteiger partial charge in [0.25, 0.3) is 5.91 Å². The molecule has 1 N–H and O–H groups in total. The fourth-order valence-corrected chi connectivity index (χ4v) is 2.14. The van der Waals surface area contributed by atoms with E-state index in [1.54, 1.807) is 0 Å². The van der Waals surface area contributed by atoms with Crippen molar-refractivity contribution in [3.8, 4) is 0 Å². The summed E-state index contributed by atoms with van der Waals surface area (Å²) in [6, 6.07) is 3.00. The number of halogens is 2. The molecule has 92 valence electrons. The number of nitrogens with zero attached hydrogens (tertiary/aromatic N) is 1. The minimum atomic E-state index is -0.862. The van der Waals surface area contributed by atoms with E-state index in [-0.39, 0.29) is 12.6 Å². The van der Waals surface area contributed by atoms with E-state index >= 15 is 0 Å². The second-order valence-electron chi connectivity index (χ2n) is 4.07. The van der Waals surface area contributed by atoms with Gasteiger partial charge in [0.05, 0.1) is 12.6 Å². The maximum Gasteiger partial charge on any atom is 0.260 e. The van der Waals surface area contributed by atoms with Gasteiger partial charge in [-0.3, -0.25) is 4.79 Å². The van der Waals surface area contributed by atoms with Gasteiger partial charge in [0.1, 0.15) is 17.2 Å². The second kappa shape index (κ2) is 4.79. The molecule has 5 heteroatoms. The van der Waals surface area contributed by atoms with Crippen molar-refractivity contribution < 1.29 is 18.7 Å². The molecule has 1 aromatic carbocycles. The summed E-state index contributed by atoms with van der Waals surface area (Å²) >= 11 is 0. The Bertz CT molecular complexity index is 416. The molecule has 1 unspecified atom stereocenters. The zero-order valence-electron chi connectivity index (χ0n) is 9.20. The van der Waals surface area contributed by atoms with Crippen molar-refractivity contribution in [2.45, 2.75) is 18.9 Å². The Morgan fingerprint density at radius 3 is 2.65 bits per heavy atom. The molecular formula is C12H13F2NO2. The molecule has 1 atom stereocenters. The highest BCUT2D eigenvalue weighted by Gasteiger charge is 2.31. The third kappa shape index (κ3) is 2.15. The molecular weight excluding hydrogens is 228 g/mol. The predicted molar refractivity (Wildman–Crippen MR) is 57.5 cm³/mol. The summed E-state index contributed by atoms with van der Waals surface area (Å²) in [6.07, 6.45) is 1.41. The van der Waals surface area contributed by atoms with Gasteiger partial charge in [-0.05, 0) is 25.0 Å². The monoisotopic (exact) mass is 241 g/mol. The third-order valence-electron chi connectivity index (χ3n) is 3.03. The first kappa shape index (κ1) is 12.0. The van der Waals surface area contributed by atoms with Crippen molar-refractivity contribution in [3.05, 3.63) is 35.4 Å². The zero-order valence-corrected chi connectivity index (χ0v) is 9.20. The Morgan fingerprint density at radius 2 is 2.06 bits per heavy atom. The zero-order chi connectivity index (χ0) is 12.4. The maximum atomic E-state index is 13.4. The molecule has 17 heavy (non-hydrogen) atoms. The highest BCUT2D eigenvalue weighted by atomic mass is 19.1. The van der Waals surface area contributed by atoms with Crippen LogP contribution in [0.2, 0.25) is 0 Å². The van der Waals surface area contributed by atoms with Crippen LogP contribution in [0.3, 0.4) is 0 Å². The summed E-state index contributed by atoms with van der Waals surface area (Å²) in [7, 11) is 0. The van der Waals surface area contributed by atoms with E-state index in [2.05, 4.69) is 0 Å². The number of amides is 1. The summed E-state index contributed by atoms with van der Waals surface area (Å²) in [4.78, 5) is 13.3. The van der Waals surface area contributed by atoms with Crippen LogP contribution >= 0.6 is 0 Å². The molecule has 1 saturated heterocycles. The standard InChI is InChI=1S/C12H13F2NO2/c13-9-4-1-5-10(14)11(9)12(17)15-6-2-3-8(15)7-16/h1,4-5,8,16H,2-3,6-7H2. The van der Waals surface area contributed by atoms with Gasteiger partial charge in [0.2, 0.25) is 0 Å². The number of carbonyl (C=O) groups excluding carboxylic acids is 1. The molecule has 3 nitrogen and oxygen atoms in total. The van der Waals surface area contributed by atoms with E-state index in [0.717, 1.165) is 18.6 Å². The number of hydrogen-bond acceptors (Lipinski definition) is 2. The highest BCUT2D eigenvalue weighted by Crippen LogP contribution is 2.22. The number of benzene rings is 1. The van der Waals surface area contributed by atoms with Gasteiger partial charge in [-0.1, -0.05) is 6.07 Å². The normalized spacial score (nSPS) is 19.7. The fraction of sp³-hybridized carbons (Fsp3) is 0.417. The van der Waals surface area contributed by atoms with Crippen molar-refractivity contribution in [1.82, 2.24) is 4.90 Å². The quantitative estimate of drug-likeness (QED) is 0.853. The van der Waals surface area contributed by atoms with Crippen LogP contribution in [0, 0.1) is 11.6 Å². The van der Waals surface area contributed by atoms with E-state index in [1.807, 2.05) is 0 Å². The molecule has 1 amide bonds. The molecule has 0 aromatic heterocycles. The lowest BCUT2D eigenvalue weighted by atomic mass is 10.1. The fourth-order valence-electron chi connectivity index (χ4n) is 2.14. The van der Waals surface area contributed by atoms with E-state index in [0.29, 0.717) is 13.0 Å². The van der Waals surface area contributed by atoms with Crippen molar-refractivity contribution in [2.75, 3.05) is 13.2 Å². The molecule has 0 bridgehead atoms. The van der Waals surface area contributed by atoms with Crippen LogP contribution in [0.25, 0.3) is 0 Å². The Balaban J connectivity index is 2.31. The number of hydrogen-bond donors (Lipinski definition) is 1. The van der Waals surface area contributed by atoms with Crippen LogP contribution < -0.4 is 0 Å². The van der Waals surface area contributed by atoms with Crippen molar-refractivity contribution >= 4 is 5.91 Å². The number of carbonyl (C=O) groups is 1. The molecule has 2 rings (SSSR count). The Morgan fingerprint density at radius 1 is 1.41 bits per heavy atom. The lowest BCUT2D eigenvalue weighted by Gasteiger charge is -2.23. The first-order valence-electron chi connectivity index (χ1n) is 5.51. The van der Waals surface area contributed by atoms with Crippen LogP contribution in [0.5, 0.6) is 0 Å². The van der Waals surface area contributed by atoms with Crippen LogP contribution in [0.1, 0.15) is 23.2 Å². The Kier molecular flexibility index (Phi) is 3.38. The summed E-state index contributed by atoms with van der Waals surface area (Å²) < 4.78 is 26.9. The Labute approximate surface area is 97.7 Å². The SMILES string of the molecule is O=C(c1c(F)cccc1F)N1CCCC1CO. The highest BCUT2D eigenvalue weighted by molar-refractivity contribution is 5.95. The molecule has 1 aliphatic rings. The third-order valence-corrected chi connectivity index (χ3v) is 3.03. The van der Waals surface area contributed by atoms with E-state index in [4.69, 9.17) is 5.11 Å². The van der Waals surface area contributed by atoms with Gasteiger partial charge in [0.15, 0.2) is 0 Å². The van der Waals surface area contributed by atoms with E-state index in [1.165, 1.54) is 11.0 Å². The maximum absolute atomic E-state index is 13.4. The lowest BCUT2D eigenvalue weighted by Crippen LogP contribution is -2.38. The van der Waals surface area contributed by atoms with E-state index in [9.17, 15) is 13.6 Å². The average molecular weight is 241 g/mol. The number of aliphatic hydroxyl groups excluding tert-OH is 1. The van der Waals surface area contributed by atoms with E-state index < -0.39 is 23.1 Å². The van der Waals surface area contributed by atoms with Crippen molar-refractivity contribution in [3.63, 3.8) is 0 Å². The Hall–Kier alpha value is -1.49. The summed E-state index contributed by atoms with van der Waals surface area (Å²) in [5, 5.41) is 9.09. The summed E-state index contributed by atoms with van der Waals surface area (Å²) in [5.41, 5.74) is -0.534. The largest absolute Gasteiger partial charge is 0.394 e. The molecule has 1 aromatic rings. The predicted octanol–water partition coefficient (Wildman–Crippen LogP) is 1.56. The van der Waals surface area contributed by atoms with Gasteiger partial charge < -0.3 is 10.0 Å². The number of rotatable bonds is 2. The molecule has 0 spiro atoms. The van der Waals surface area contributed by atoms with Gasteiger partial charge in [-0.25, -0.2) is 8.78 Å². The topological polar surface area (TPSA) is 40.5 Å². The minimum absolute atomic E-state index is 0.179. The molecule has 0 aliphatic carbocycles. The smallest absolute Gasteiger partial charge is 0.260 e. The summed E-state index contributed by atoms with van der Waals surface area (Å²) in [5.74, 6) is -2.41. The van der Waals surface area contributed by atoms with Gasteiger partial charge in [0, 0.05) is 6.54 Å². The number of likely N-dealkylation sites (tertiary alicyclic amines) is 1. The average Bonchev–Trinajstić information content (AvgIpc) is 2.76. The first-order chi connectivity index (χ1) is 8.15. The van der Waals surface area contributed by atoms with Gasteiger partial charge in [-0.15, -0.1) is 0 Å². The summed E-state index contributed by atoms with van der Waals surface area (Å²) in [6.45, 7) is 0.250. The second-order valence-corrected chi connectivity index (χ2v) is 4.07. The molecule has 0 radical (unpaired) electrons. The van der Waals surface area contributed by atoms with Gasteiger partial charge in [-0.2, -0.15) is 0 Å². The first-order valence-corrected chi connectivity index (χ1v) is 5.51. The van der Waals surface area contributed by atoms with Crippen LogP contribution in [-0.2, 0) is 0 Å².